The van der Waals surface area contributed by atoms with Crippen molar-refractivity contribution in [2.75, 3.05) is 0 Å². The first-order valence-corrected chi connectivity index (χ1v) is 2.14. The molecule has 0 unspecified atom stereocenters. The first-order valence-electron chi connectivity index (χ1n) is 0.986. The molecule has 0 N–H and O–H groups in total. The first kappa shape index (κ1) is 9.03. The topological polar surface area (TPSA) is 0 Å². The second kappa shape index (κ2) is 12.4. The smallest absolute Gasteiger partial charge is 0.0283 e. The monoisotopic (exact) mass is 70.0 g/mol. The summed E-state index contributed by atoms with van der Waals surface area (Å²) >= 11 is 0. The van der Waals surface area contributed by atoms with Gasteiger partial charge in [0.25, 0.3) is 0 Å². The largest absolute Gasteiger partial charge is 0.112 e. The summed E-state index contributed by atoms with van der Waals surface area (Å²) < 4.78 is 0. The zero-order valence-electron chi connectivity index (χ0n) is 2.78. The number of hydrogen-bond acceptors (Lipinski definition) is 0. The standard InChI is InChI=1S/C2H6Si.C/c1-2-3;/h2H,1H2,3H3;. The van der Waals surface area contributed by atoms with E-state index in [9.17, 15) is 0 Å². The van der Waals surface area contributed by atoms with Crippen molar-refractivity contribution < 1.29 is 0 Å². The van der Waals surface area contributed by atoms with Crippen molar-refractivity contribution in [3.05, 3.63) is 19.7 Å². The molecule has 0 atom stereocenters. The molecule has 0 aliphatic heterocycles. The zero-order chi connectivity index (χ0) is 2.71. The molecule has 0 aromatic heterocycles. The molecular weight excluding hydrogens is 64.1 g/mol. The maximum absolute atomic E-state index is 3.42. The summed E-state index contributed by atoms with van der Waals surface area (Å²) in [6, 6.07) is 0. The Morgan fingerprint density at radius 3 is 1.75 bits per heavy atom. The quantitative estimate of drug-likeness (QED) is 0.339. The molecule has 0 bridgehead atoms. The van der Waals surface area contributed by atoms with E-state index in [0.29, 0.717) is 0 Å². The van der Waals surface area contributed by atoms with Gasteiger partial charge in [0.05, 0.1) is 0 Å². The highest BCUT2D eigenvalue weighted by Crippen LogP contribution is 1.24. The van der Waals surface area contributed by atoms with Gasteiger partial charge in [0.15, 0.2) is 0 Å². The van der Waals surface area contributed by atoms with Crippen LogP contribution in [0.2, 0.25) is 0 Å². The highest BCUT2D eigenvalue weighted by Gasteiger charge is 1.16. The van der Waals surface area contributed by atoms with Gasteiger partial charge >= 0.3 is 0 Å². The Bertz CT molecular complexity index is 10.8. The van der Waals surface area contributed by atoms with Gasteiger partial charge in [-0.1, -0.05) is 0 Å². The Hall–Kier alpha value is -0.0431. The van der Waals surface area contributed by atoms with Crippen LogP contribution in [0, 0.1) is 7.43 Å². The van der Waals surface area contributed by atoms with Gasteiger partial charge in [-0.25, -0.2) is 0 Å². The van der Waals surface area contributed by atoms with E-state index in [1.54, 1.807) is 0 Å². The van der Waals surface area contributed by atoms with E-state index in [1.807, 2.05) is 5.70 Å². The first-order chi connectivity index (χ1) is 1.41. The Kier molecular flexibility index (Phi) is 27.9. The molecule has 4 heavy (non-hydrogen) atoms. The van der Waals surface area contributed by atoms with Gasteiger partial charge < -0.3 is 0 Å². The third kappa shape index (κ3) is 964. The van der Waals surface area contributed by atoms with E-state index in [0.717, 1.165) is 10.2 Å². The van der Waals surface area contributed by atoms with Crippen molar-refractivity contribution in [3.63, 3.8) is 0 Å². The van der Waals surface area contributed by atoms with Crippen LogP contribution >= 0.6 is 0 Å². The Labute approximate surface area is 31.0 Å². The minimum Gasteiger partial charge on any atom is -0.112 e. The van der Waals surface area contributed by atoms with E-state index >= 15 is 0 Å². The SMILES string of the molecule is C=C[SiH3].[C]. The van der Waals surface area contributed by atoms with Crippen molar-refractivity contribution in [1.29, 1.82) is 0 Å². The summed E-state index contributed by atoms with van der Waals surface area (Å²) in [7, 11) is 1.13. The van der Waals surface area contributed by atoms with E-state index in [4.69, 9.17) is 0 Å². The summed E-state index contributed by atoms with van der Waals surface area (Å²) in [6.07, 6.45) is 0. The number of hydrogen-bond donors (Lipinski definition) is 0. The minimum absolute atomic E-state index is 0. The fourth-order valence-electron chi connectivity index (χ4n) is 0. The van der Waals surface area contributed by atoms with E-state index in [1.165, 1.54) is 0 Å². The molecule has 0 aliphatic carbocycles. The van der Waals surface area contributed by atoms with Crippen LogP contribution in [0.5, 0.6) is 0 Å². The molecule has 1 heteroatoms. The van der Waals surface area contributed by atoms with Crippen molar-refractivity contribution in [1.82, 2.24) is 0 Å². The molecule has 0 heterocycles. The van der Waals surface area contributed by atoms with Gasteiger partial charge in [0, 0.05) is 17.7 Å². The van der Waals surface area contributed by atoms with Crippen LogP contribution in [0.3, 0.4) is 0 Å². The molecule has 0 aromatic carbocycles. The molecule has 22 valence electrons. The Balaban J connectivity index is 0. The highest BCUT2D eigenvalue weighted by molar-refractivity contribution is 6.16. The van der Waals surface area contributed by atoms with Crippen molar-refractivity contribution in [2.45, 2.75) is 0 Å². The molecule has 0 nitrogen and oxygen atoms in total. The lowest BCUT2D eigenvalue weighted by Crippen LogP contribution is -1.29. The second-order valence-electron chi connectivity index (χ2n) is 0.408. The highest BCUT2D eigenvalue weighted by atomic mass is 28.1. The predicted octanol–water partition coefficient (Wildman–Crippen LogP) is -0.423. The van der Waals surface area contributed by atoms with Gasteiger partial charge in [0.2, 0.25) is 0 Å². The summed E-state index contributed by atoms with van der Waals surface area (Å²) in [4.78, 5) is 0. The minimum atomic E-state index is 0. The molecule has 0 saturated carbocycles. The average Bonchev–Trinajstić information content (AvgIpc) is 0.918. The summed E-state index contributed by atoms with van der Waals surface area (Å²) in [5, 5.41) is 0. The summed E-state index contributed by atoms with van der Waals surface area (Å²) in [5.41, 5.74) is 1.89. The van der Waals surface area contributed by atoms with Crippen LogP contribution in [0.4, 0.5) is 0 Å². The van der Waals surface area contributed by atoms with Gasteiger partial charge in [-0.15, -0.1) is 12.3 Å². The predicted molar refractivity (Wildman–Crippen MR) is 23.4 cm³/mol. The van der Waals surface area contributed by atoms with E-state index in [2.05, 4.69) is 6.58 Å². The Morgan fingerprint density at radius 2 is 1.75 bits per heavy atom. The lowest BCUT2D eigenvalue weighted by molar-refractivity contribution is 2.63. The fourth-order valence-corrected chi connectivity index (χ4v) is 0. The van der Waals surface area contributed by atoms with Crippen molar-refractivity contribution >= 4 is 10.2 Å². The molecular formula is C3H6Si. The molecule has 0 aliphatic rings. The van der Waals surface area contributed by atoms with Crippen molar-refractivity contribution in [2.24, 2.45) is 0 Å². The molecule has 0 spiro atoms. The van der Waals surface area contributed by atoms with Crippen LogP contribution in [0.1, 0.15) is 0 Å². The van der Waals surface area contributed by atoms with E-state index < -0.39 is 0 Å². The van der Waals surface area contributed by atoms with Gasteiger partial charge in [-0.05, 0) is 0 Å². The molecule has 0 rings (SSSR count). The summed E-state index contributed by atoms with van der Waals surface area (Å²) in [5.74, 6) is 0. The van der Waals surface area contributed by atoms with Crippen LogP contribution in [0.15, 0.2) is 12.3 Å². The Morgan fingerprint density at radius 1 is 1.75 bits per heavy atom. The van der Waals surface area contributed by atoms with Gasteiger partial charge in [-0.2, -0.15) is 0 Å². The lowest BCUT2D eigenvalue weighted by Gasteiger charge is -1.29. The van der Waals surface area contributed by atoms with Crippen LogP contribution in [-0.2, 0) is 0 Å². The van der Waals surface area contributed by atoms with Gasteiger partial charge in [0.1, 0.15) is 0 Å². The third-order valence-electron chi connectivity index (χ3n) is 0. The van der Waals surface area contributed by atoms with Crippen LogP contribution < -0.4 is 0 Å². The van der Waals surface area contributed by atoms with Crippen LogP contribution in [-0.4, -0.2) is 10.2 Å². The van der Waals surface area contributed by atoms with E-state index in [-0.39, 0.29) is 7.43 Å². The van der Waals surface area contributed by atoms with Gasteiger partial charge in [-0.3, -0.25) is 0 Å². The van der Waals surface area contributed by atoms with Crippen molar-refractivity contribution in [3.8, 4) is 0 Å². The fraction of sp³-hybridized carbons (Fsp3) is 0. The molecule has 0 amide bonds. The lowest BCUT2D eigenvalue weighted by atomic mass is 11.3. The number of rotatable bonds is 0. The molecule has 0 fully saturated rings. The maximum Gasteiger partial charge on any atom is 0.0283 e. The molecule has 4 radical (unpaired) electrons. The summed E-state index contributed by atoms with van der Waals surface area (Å²) in [6.45, 7) is 3.42. The molecule has 0 saturated heterocycles. The second-order valence-corrected chi connectivity index (χ2v) is 1.22. The van der Waals surface area contributed by atoms with Crippen LogP contribution in [0.25, 0.3) is 0 Å². The zero-order valence-corrected chi connectivity index (χ0v) is 4.78. The normalized spacial score (nSPS) is 4.00. The molecule has 0 aromatic rings. The maximum atomic E-state index is 3.42. The average molecular weight is 70.2 g/mol. The third-order valence-corrected chi connectivity index (χ3v) is 0.